The zero-order valence-electron chi connectivity index (χ0n) is 7.00. The van der Waals surface area contributed by atoms with Crippen LogP contribution in [0.1, 0.15) is 20.3 Å². The molecular weight excluding hydrogens is 142 g/mol. The van der Waals surface area contributed by atoms with E-state index in [0.717, 1.165) is 0 Å². The van der Waals surface area contributed by atoms with E-state index in [4.69, 9.17) is 5.73 Å². The second-order valence-electron chi connectivity index (χ2n) is 2.52. The maximum absolute atomic E-state index is 10.8. The zero-order chi connectivity index (χ0) is 8.69. The number of amides is 1. The molecule has 0 saturated carbocycles. The first-order valence-corrected chi connectivity index (χ1v) is 3.70. The van der Waals surface area contributed by atoms with E-state index in [1.807, 2.05) is 13.8 Å². The molecule has 0 radical (unpaired) electrons. The summed E-state index contributed by atoms with van der Waals surface area (Å²) < 4.78 is 0. The molecule has 11 heavy (non-hydrogen) atoms. The lowest BCUT2D eigenvalue weighted by Gasteiger charge is -2.00. The highest BCUT2D eigenvalue weighted by atomic mass is 16.2. The summed E-state index contributed by atoms with van der Waals surface area (Å²) in [6.07, 6.45) is 2.29. The molecule has 0 spiro atoms. The van der Waals surface area contributed by atoms with Crippen LogP contribution in [0.4, 0.5) is 0 Å². The second-order valence-corrected chi connectivity index (χ2v) is 2.52. The summed E-state index contributed by atoms with van der Waals surface area (Å²) in [5.74, 6) is -0.0942. The van der Waals surface area contributed by atoms with Crippen LogP contribution in [0.3, 0.4) is 0 Å². The molecule has 1 amide bonds. The number of carbonyl (C=O) groups excluding carboxylic acids is 1. The van der Waals surface area contributed by atoms with Gasteiger partial charge in [0, 0.05) is 12.1 Å². The van der Waals surface area contributed by atoms with E-state index in [1.54, 1.807) is 6.21 Å². The van der Waals surface area contributed by atoms with Crippen molar-refractivity contribution >= 4 is 12.1 Å². The van der Waals surface area contributed by atoms with Gasteiger partial charge >= 0.3 is 0 Å². The molecule has 0 aromatic carbocycles. The van der Waals surface area contributed by atoms with Crippen LogP contribution in [0.15, 0.2) is 5.10 Å². The fraction of sp³-hybridized carbons (Fsp3) is 0.714. The van der Waals surface area contributed by atoms with Crippen molar-refractivity contribution in [3.8, 4) is 0 Å². The Labute approximate surface area is 66.8 Å². The Bertz CT molecular complexity index is 143. The number of nitrogens with zero attached hydrogens (tertiary/aromatic N) is 1. The molecule has 0 aliphatic rings. The maximum Gasteiger partial charge on any atom is 0.242 e. The number of hydrogen-bond donors (Lipinski definition) is 2. The van der Waals surface area contributed by atoms with Crippen molar-refractivity contribution in [2.24, 2.45) is 16.8 Å². The molecule has 0 aliphatic carbocycles. The lowest BCUT2D eigenvalue weighted by molar-refractivity contribution is -0.123. The van der Waals surface area contributed by atoms with Crippen molar-refractivity contribution in [2.45, 2.75) is 20.3 Å². The van der Waals surface area contributed by atoms with E-state index >= 15 is 0 Å². The van der Waals surface area contributed by atoms with Gasteiger partial charge in [0.25, 0.3) is 0 Å². The summed E-state index contributed by atoms with van der Waals surface area (Å²) in [6, 6.07) is 0. The molecule has 0 aromatic rings. The highest BCUT2D eigenvalue weighted by Gasteiger charge is 2.02. The SMILES string of the molecule is CC(C)C(=O)NN=CCCN. The van der Waals surface area contributed by atoms with E-state index in [9.17, 15) is 4.79 Å². The van der Waals surface area contributed by atoms with Gasteiger partial charge in [-0.1, -0.05) is 13.8 Å². The molecule has 0 bridgehead atoms. The molecule has 0 heterocycles. The van der Waals surface area contributed by atoms with E-state index < -0.39 is 0 Å². The Kier molecular flexibility index (Phi) is 5.37. The number of rotatable bonds is 4. The van der Waals surface area contributed by atoms with Crippen LogP contribution in [0.2, 0.25) is 0 Å². The topological polar surface area (TPSA) is 67.5 Å². The number of nitrogens with two attached hydrogens (primary N) is 1. The molecule has 0 aromatic heterocycles. The Morgan fingerprint density at radius 3 is 2.82 bits per heavy atom. The van der Waals surface area contributed by atoms with Crippen LogP contribution in [0, 0.1) is 5.92 Å². The molecule has 0 fully saturated rings. The summed E-state index contributed by atoms with van der Waals surface area (Å²) in [6.45, 7) is 4.18. The van der Waals surface area contributed by atoms with Gasteiger partial charge in [-0.2, -0.15) is 5.10 Å². The first kappa shape index (κ1) is 10.1. The number of hydrazone groups is 1. The highest BCUT2D eigenvalue weighted by Crippen LogP contribution is 1.89. The molecule has 0 saturated heterocycles. The average Bonchev–Trinajstić information content (AvgIpc) is 1.97. The Balaban J connectivity index is 3.45. The van der Waals surface area contributed by atoms with E-state index in [2.05, 4.69) is 10.5 Å². The monoisotopic (exact) mass is 157 g/mol. The smallest absolute Gasteiger partial charge is 0.242 e. The predicted octanol–water partition coefficient (Wildman–Crippen LogP) is 0.0932. The molecule has 0 rings (SSSR count). The third-order valence-corrected chi connectivity index (χ3v) is 1.09. The van der Waals surface area contributed by atoms with Gasteiger partial charge in [-0.05, 0) is 13.0 Å². The van der Waals surface area contributed by atoms with Gasteiger partial charge in [-0.15, -0.1) is 0 Å². The first-order chi connectivity index (χ1) is 5.18. The van der Waals surface area contributed by atoms with E-state index in [0.29, 0.717) is 13.0 Å². The molecule has 64 valence electrons. The van der Waals surface area contributed by atoms with Crippen molar-refractivity contribution in [2.75, 3.05) is 6.54 Å². The van der Waals surface area contributed by atoms with Crippen molar-refractivity contribution in [3.63, 3.8) is 0 Å². The Morgan fingerprint density at radius 1 is 1.73 bits per heavy atom. The van der Waals surface area contributed by atoms with Gasteiger partial charge in [0.15, 0.2) is 0 Å². The summed E-state index contributed by atoms with van der Waals surface area (Å²) >= 11 is 0. The Hall–Kier alpha value is -0.900. The predicted molar refractivity (Wildman–Crippen MR) is 45.1 cm³/mol. The van der Waals surface area contributed by atoms with Gasteiger partial charge in [0.1, 0.15) is 0 Å². The van der Waals surface area contributed by atoms with Gasteiger partial charge < -0.3 is 5.73 Å². The normalized spacial score (nSPS) is 10.9. The van der Waals surface area contributed by atoms with Crippen LogP contribution < -0.4 is 11.2 Å². The van der Waals surface area contributed by atoms with Crippen molar-refractivity contribution in [1.29, 1.82) is 0 Å². The molecule has 0 unspecified atom stereocenters. The van der Waals surface area contributed by atoms with Crippen LogP contribution >= 0.6 is 0 Å². The number of hydrogen-bond acceptors (Lipinski definition) is 3. The number of nitrogens with one attached hydrogen (secondary N) is 1. The van der Waals surface area contributed by atoms with Crippen LogP contribution in [0.5, 0.6) is 0 Å². The fourth-order valence-electron chi connectivity index (χ4n) is 0.377. The third-order valence-electron chi connectivity index (χ3n) is 1.09. The van der Waals surface area contributed by atoms with E-state index in [-0.39, 0.29) is 11.8 Å². The van der Waals surface area contributed by atoms with Crippen molar-refractivity contribution in [1.82, 2.24) is 5.43 Å². The quantitative estimate of drug-likeness (QED) is 0.448. The van der Waals surface area contributed by atoms with Gasteiger partial charge in [-0.25, -0.2) is 5.43 Å². The van der Waals surface area contributed by atoms with Crippen LogP contribution in [-0.2, 0) is 4.79 Å². The van der Waals surface area contributed by atoms with Gasteiger partial charge in [0.2, 0.25) is 5.91 Å². The minimum absolute atomic E-state index is 0.0231. The molecular formula is C7H15N3O. The maximum atomic E-state index is 10.8. The summed E-state index contributed by atoms with van der Waals surface area (Å²) in [7, 11) is 0. The lowest BCUT2D eigenvalue weighted by Crippen LogP contribution is -2.22. The minimum Gasteiger partial charge on any atom is -0.330 e. The third kappa shape index (κ3) is 5.54. The summed E-state index contributed by atoms with van der Waals surface area (Å²) in [5, 5.41) is 3.68. The molecule has 3 N–H and O–H groups in total. The van der Waals surface area contributed by atoms with Gasteiger partial charge in [0.05, 0.1) is 0 Å². The standard InChI is InChI=1S/C7H15N3O/c1-6(2)7(11)10-9-5-3-4-8/h5-6H,3-4,8H2,1-2H3,(H,10,11). The number of carbonyl (C=O) groups is 1. The first-order valence-electron chi connectivity index (χ1n) is 3.70. The fourth-order valence-corrected chi connectivity index (χ4v) is 0.377. The Morgan fingerprint density at radius 2 is 2.36 bits per heavy atom. The second kappa shape index (κ2) is 5.85. The van der Waals surface area contributed by atoms with Crippen molar-refractivity contribution < 1.29 is 4.79 Å². The van der Waals surface area contributed by atoms with E-state index in [1.165, 1.54) is 0 Å². The molecule has 0 atom stereocenters. The summed E-state index contributed by atoms with van der Waals surface area (Å²) in [4.78, 5) is 10.8. The molecule has 4 nitrogen and oxygen atoms in total. The van der Waals surface area contributed by atoms with Crippen LogP contribution in [0.25, 0.3) is 0 Å². The van der Waals surface area contributed by atoms with Crippen molar-refractivity contribution in [3.05, 3.63) is 0 Å². The van der Waals surface area contributed by atoms with Crippen LogP contribution in [-0.4, -0.2) is 18.7 Å². The largest absolute Gasteiger partial charge is 0.330 e. The highest BCUT2D eigenvalue weighted by molar-refractivity contribution is 5.78. The zero-order valence-corrected chi connectivity index (χ0v) is 7.00. The average molecular weight is 157 g/mol. The molecule has 4 heteroatoms. The lowest BCUT2D eigenvalue weighted by atomic mass is 10.2. The molecule has 0 aliphatic heterocycles. The summed E-state index contributed by atoms with van der Waals surface area (Å²) in [5.41, 5.74) is 7.59. The van der Waals surface area contributed by atoms with Gasteiger partial charge in [-0.3, -0.25) is 4.79 Å². The minimum atomic E-state index is -0.0710.